The van der Waals surface area contributed by atoms with Gasteiger partial charge in [0, 0.05) is 49.3 Å². The molecule has 0 spiro atoms. The normalized spacial score (nSPS) is 11.2. The van der Waals surface area contributed by atoms with E-state index >= 15 is 0 Å². The number of benzene rings is 6. The van der Waals surface area contributed by atoms with Gasteiger partial charge in [0.15, 0.2) is 0 Å². The Morgan fingerprint density at radius 1 is 0.667 bits per heavy atom. The minimum Gasteiger partial charge on any atom is -0.557 e. The summed E-state index contributed by atoms with van der Waals surface area (Å²) in [5.41, 5.74) is 12.6. The Kier molecular flexibility index (Phi) is 10.7. The van der Waals surface area contributed by atoms with E-state index in [0.29, 0.717) is 0 Å². The van der Waals surface area contributed by atoms with Crippen LogP contribution in [-0.4, -0.2) is 22.6 Å². The third-order valence-corrected chi connectivity index (χ3v) is 11.5. The van der Waals surface area contributed by atoms with Gasteiger partial charge in [-0.2, -0.15) is 0 Å². The predicted molar refractivity (Wildman–Crippen MR) is 222 cm³/mol. The van der Waals surface area contributed by atoms with Crippen molar-refractivity contribution < 1.29 is 24.5 Å². The molecule has 1 radical (unpaired) electrons. The van der Waals surface area contributed by atoms with Crippen LogP contribution in [0, 0.1) is 19.3 Å². The van der Waals surface area contributed by atoms with Crippen molar-refractivity contribution in [1.82, 2.24) is 14.5 Å². The largest absolute Gasteiger partial charge is 0.557 e. The maximum Gasteiger partial charge on any atom is 0.0774 e. The second-order valence-corrected chi connectivity index (χ2v) is 19.3. The molecule has 0 saturated carbocycles. The molecule has 3 heterocycles. The number of fused-ring (bicyclic) bond motifs is 2. The molecule has 54 heavy (non-hydrogen) atoms. The Labute approximate surface area is 331 Å². The van der Waals surface area contributed by atoms with Crippen molar-refractivity contribution in [1.29, 1.82) is 0 Å². The average Bonchev–Trinajstić information content (AvgIpc) is 3.80. The minimum atomic E-state index is -1.55. The first-order valence-electron chi connectivity index (χ1n) is 17.9. The molecular formula is C48H39IrN3OSi-2. The zero-order chi connectivity index (χ0) is 36.4. The van der Waals surface area contributed by atoms with Gasteiger partial charge in [-0.05, 0) is 59.6 Å². The van der Waals surface area contributed by atoms with Gasteiger partial charge in [0.25, 0.3) is 0 Å². The summed E-state index contributed by atoms with van der Waals surface area (Å²) in [7, 11) is -1.55. The molecule has 0 unspecified atom stereocenters. The number of rotatable bonds is 6. The third-order valence-electron chi connectivity index (χ3n) is 9.46. The summed E-state index contributed by atoms with van der Waals surface area (Å²) in [5.74, 6) is 0.830. The van der Waals surface area contributed by atoms with Gasteiger partial charge in [0.1, 0.15) is 0 Å². The van der Waals surface area contributed by atoms with Crippen LogP contribution in [0.4, 0.5) is 0 Å². The summed E-state index contributed by atoms with van der Waals surface area (Å²) in [5, 5.41) is 2.44. The van der Waals surface area contributed by atoms with Crippen LogP contribution in [0.15, 0.2) is 168 Å². The summed E-state index contributed by atoms with van der Waals surface area (Å²) < 4.78 is 8.36. The standard InChI is InChI=1S/C37H31N2OSi.C11H8N.Ir/c1-25-21-29(26-13-7-5-8-14-26)36(30(22-25)27-15-9-6-10-16-27)39-34-18-12-11-17-33(34)38-37(39)32-24-40-35-20-19-28(23-31(32)35)41(2,3)4;1-2-6-10(7-3-1)11-8-4-5-9-12-11;/h5-23H,1-4H3;1-6,8-9H;/q2*-1;. The Hall–Kier alpha value is -5.65. The van der Waals surface area contributed by atoms with Crippen molar-refractivity contribution in [2.45, 2.75) is 26.6 Å². The van der Waals surface area contributed by atoms with E-state index in [2.05, 4.69) is 164 Å². The molecule has 0 atom stereocenters. The Morgan fingerprint density at radius 2 is 1.31 bits per heavy atom. The SMILES string of the molecule is Cc1cc(-c2ccccc2)c(-n2c(-c3[c-]oc4ccc([Si](C)(C)C)cc34)nc3ccccc32)c(-c2ccccc2)c1.[Ir].[c-]1ccccc1-c1ccccn1. The van der Waals surface area contributed by atoms with Crippen LogP contribution in [0.1, 0.15) is 5.56 Å². The van der Waals surface area contributed by atoms with Gasteiger partial charge in [-0.15, -0.1) is 42.0 Å². The molecule has 9 rings (SSSR count). The van der Waals surface area contributed by atoms with Gasteiger partial charge < -0.3 is 14.0 Å². The molecule has 4 nitrogen and oxygen atoms in total. The minimum absolute atomic E-state index is 0. The summed E-state index contributed by atoms with van der Waals surface area (Å²) >= 11 is 0. The number of hydrogen-bond acceptors (Lipinski definition) is 3. The number of aryl methyl sites for hydroxylation is 1. The van der Waals surface area contributed by atoms with Gasteiger partial charge >= 0.3 is 0 Å². The molecule has 6 heteroatoms. The van der Waals surface area contributed by atoms with E-state index < -0.39 is 8.07 Å². The molecule has 0 saturated heterocycles. The molecule has 6 aromatic carbocycles. The molecular weight excluding hydrogens is 855 g/mol. The fourth-order valence-electron chi connectivity index (χ4n) is 6.80. The Bertz CT molecular complexity index is 2550. The monoisotopic (exact) mass is 894 g/mol. The zero-order valence-electron chi connectivity index (χ0n) is 30.7. The van der Waals surface area contributed by atoms with Crippen LogP contribution in [-0.2, 0) is 20.1 Å². The molecule has 0 aliphatic rings. The zero-order valence-corrected chi connectivity index (χ0v) is 34.1. The molecule has 3 aromatic heterocycles. The number of pyridine rings is 1. The maximum absolute atomic E-state index is 6.04. The number of nitrogens with zero attached hydrogens (tertiary/aromatic N) is 3. The van der Waals surface area contributed by atoms with Crippen LogP contribution in [0.3, 0.4) is 0 Å². The van der Waals surface area contributed by atoms with E-state index in [4.69, 9.17) is 9.40 Å². The van der Waals surface area contributed by atoms with Crippen LogP contribution in [0.25, 0.3) is 72.6 Å². The van der Waals surface area contributed by atoms with E-state index in [0.717, 1.165) is 72.6 Å². The number of hydrogen-bond donors (Lipinski definition) is 0. The quantitative estimate of drug-likeness (QED) is 0.123. The van der Waals surface area contributed by atoms with Crippen molar-refractivity contribution in [2.75, 3.05) is 0 Å². The molecule has 0 amide bonds. The molecule has 0 fully saturated rings. The first kappa shape index (κ1) is 36.7. The second kappa shape index (κ2) is 15.8. The topological polar surface area (TPSA) is 43.9 Å². The molecule has 0 bridgehead atoms. The van der Waals surface area contributed by atoms with Crippen molar-refractivity contribution in [3.8, 4) is 50.6 Å². The summed E-state index contributed by atoms with van der Waals surface area (Å²) in [6.07, 6.45) is 5.05. The van der Waals surface area contributed by atoms with Crippen LogP contribution in [0.5, 0.6) is 0 Å². The number of imidazole rings is 1. The van der Waals surface area contributed by atoms with Crippen LogP contribution in [0.2, 0.25) is 19.6 Å². The molecule has 9 aromatic rings. The Morgan fingerprint density at radius 3 is 1.94 bits per heavy atom. The second-order valence-electron chi connectivity index (χ2n) is 14.2. The van der Waals surface area contributed by atoms with Gasteiger partial charge in [0.2, 0.25) is 0 Å². The Balaban J connectivity index is 0.000000294. The molecule has 0 aliphatic carbocycles. The first-order valence-corrected chi connectivity index (χ1v) is 21.4. The fourth-order valence-corrected chi connectivity index (χ4v) is 7.96. The van der Waals surface area contributed by atoms with Crippen molar-refractivity contribution >= 4 is 35.3 Å². The van der Waals surface area contributed by atoms with Crippen molar-refractivity contribution in [2.24, 2.45) is 0 Å². The summed E-state index contributed by atoms with van der Waals surface area (Å²) in [6, 6.07) is 57.7. The van der Waals surface area contributed by atoms with Crippen LogP contribution < -0.4 is 5.19 Å². The van der Waals surface area contributed by atoms with Crippen molar-refractivity contribution in [3.63, 3.8) is 0 Å². The van der Waals surface area contributed by atoms with Gasteiger partial charge in [-0.1, -0.05) is 133 Å². The van der Waals surface area contributed by atoms with E-state index in [9.17, 15) is 0 Å². The molecule has 267 valence electrons. The van der Waals surface area contributed by atoms with Gasteiger partial charge in [0.05, 0.1) is 30.6 Å². The fraction of sp³-hybridized carbons (Fsp3) is 0.0833. The van der Waals surface area contributed by atoms with Gasteiger partial charge in [-0.3, -0.25) is 4.98 Å². The van der Waals surface area contributed by atoms with E-state index in [1.54, 1.807) is 6.20 Å². The van der Waals surface area contributed by atoms with Crippen molar-refractivity contribution in [3.05, 3.63) is 182 Å². The number of para-hydroxylation sites is 2. The third kappa shape index (κ3) is 7.42. The number of furan rings is 1. The molecule has 0 aliphatic heterocycles. The maximum atomic E-state index is 6.04. The number of aromatic nitrogens is 3. The summed E-state index contributed by atoms with van der Waals surface area (Å²) in [4.78, 5) is 9.47. The summed E-state index contributed by atoms with van der Waals surface area (Å²) in [6.45, 7) is 9.29. The van der Waals surface area contributed by atoms with E-state index in [1.807, 2.05) is 42.5 Å². The first-order chi connectivity index (χ1) is 25.8. The van der Waals surface area contributed by atoms with Gasteiger partial charge in [-0.25, -0.2) is 0 Å². The van der Waals surface area contributed by atoms with E-state index in [-0.39, 0.29) is 20.1 Å². The average molecular weight is 894 g/mol. The molecule has 0 N–H and O–H groups in total. The van der Waals surface area contributed by atoms with E-state index in [1.165, 1.54) is 10.8 Å². The smallest absolute Gasteiger partial charge is 0.0774 e. The predicted octanol–water partition coefficient (Wildman–Crippen LogP) is 12.0. The van der Waals surface area contributed by atoms with Crippen LogP contribution >= 0.6 is 0 Å².